The number of thiophene rings is 1. The first kappa shape index (κ1) is 14.3. The Morgan fingerprint density at radius 3 is 2.11 bits per heavy atom. The lowest BCUT2D eigenvalue weighted by atomic mass is 9.86. The predicted octanol–water partition coefficient (Wildman–Crippen LogP) is 6.29. The van der Waals surface area contributed by atoms with Crippen LogP contribution < -0.4 is 0 Å². The Labute approximate surface area is 130 Å². The molecule has 3 heteroatoms. The minimum Gasteiger partial charge on any atom is -0.146 e. The fraction of sp³-hybridized carbons (Fsp3) is 0.333. The second-order valence-corrected chi connectivity index (χ2v) is 8.09. The molecule has 0 radical (unpaired) electrons. The van der Waals surface area contributed by atoms with E-state index in [1.807, 2.05) is 0 Å². The molecule has 0 spiro atoms. The van der Waals surface area contributed by atoms with E-state index in [1.54, 1.807) is 11.3 Å². The van der Waals surface area contributed by atoms with Crippen molar-refractivity contribution in [3.05, 3.63) is 56.2 Å². The van der Waals surface area contributed by atoms with Gasteiger partial charge in [0.25, 0.3) is 0 Å². The smallest absolute Gasteiger partial charge is 0.0749 e. The maximum Gasteiger partial charge on any atom is 0.0749 e. The minimum absolute atomic E-state index is 0.212. The fourth-order valence-electron chi connectivity index (χ4n) is 1.79. The Bertz CT molecular complexity index is 520. The highest BCUT2D eigenvalue weighted by molar-refractivity contribution is 9.11. The monoisotopic (exact) mass is 386 g/mol. The summed E-state index contributed by atoms with van der Waals surface area (Å²) in [5.74, 6) is 0. The number of rotatable bonds is 2. The van der Waals surface area contributed by atoms with Gasteiger partial charge in [-0.1, -0.05) is 61.0 Å². The molecule has 96 valence electrons. The summed E-state index contributed by atoms with van der Waals surface area (Å²) in [5, 5.41) is 2.11. The van der Waals surface area contributed by atoms with Crippen LogP contribution in [0.3, 0.4) is 0 Å². The Morgan fingerprint density at radius 2 is 1.67 bits per heavy atom. The zero-order chi connectivity index (χ0) is 13.3. The number of alkyl halides is 1. The Balaban J connectivity index is 2.28. The summed E-state index contributed by atoms with van der Waals surface area (Å²) in [6, 6.07) is 11.0. The molecule has 0 aliphatic carbocycles. The first-order chi connectivity index (χ1) is 8.39. The standard InChI is InChI=1S/C15H16Br2S/c1-15(2,3)11-6-4-10(5-7-11)13(17)14-12(16)8-9-18-14/h4-9,13H,1-3H3. The van der Waals surface area contributed by atoms with Crippen molar-refractivity contribution in [2.75, 3.05) is 0 Å². The maximum atomic E-state index is 3.78. The van der Waals surface area contributed by atoms with Gasteiger partial charge in [-0.3, -0.25) is 0 Å². The zero-order valence-corrected chi connectivity index (χ0v) is 14.7. The lowest BCUT2D eigenvalue weighted by molar-refractivity contribution is 0.590. The normalized spacial score (nSPS) is 13.6. The highest BCUT2D eigenvalue weighted by atomic mass is 79.9. The van der Waals surface area contributed by atoms with Crippen LogP contribution in [0.25, 0.3) is 0 Å². The molecule has 0 nitrogen and oxygen atoms in total. The van der Waals surface area contributed by atoms with Gasteiger partial charge in [-0.25, -0.2) is 0 Å². The van der Waals surface area contributed by atoms with E-state index in [2.05, 4.69) is 88.3 Å². The average Bonchev–Trinajstić information content (AvgIpc) is 2.73. The predicted molar refractivity (Wildman–Crippen MR) is 87.9 cm³/mol. The molecule has 0 bridgehead atoms. The fourth-order valence-corrected chi connectivity index (χ4v) is 4.58. The van der Waals surface area contributed by atoms with Crippen molar-refractivity contribution >= 4 is 43.2 Å². The minimum atomic E-state index is 0.212. The molecule has 2 rings (SSSR count). The van der Waals surface area contributed by atoms with Crippen LogP contribution >= 0.6 is 43.2 Å². The number of halogens is 2. The third-order valence-corrected chi connectivity index (χ3v) is 6.17. The van der Waals surface area contributed by atoms with E-state index in [9.17, 15) is 0 Å². The van der Waals surface area contributed by atoms with Gasteiger partial charge >= 0.3 is 0 Å². The molecule has 18 heavy (non-hydrogen) atoms. The van der Waals surface area contributed by atoms with Gasteiger partial charge in [-0.15, -0.1) is 11.3 Å². The van der Waals surface area contributed by atoms with Gasteiger partial charge in [0.2, 0.25) is 0 Å². The Kier molecular flexibility index (Phi) is 4.35. The van der Waals surface area contributed by atoms with Gasteiger partial charge < -0.3 is 0 Å². The summed E-state index contributed by atoms with van der Waals surface area (Å²) in [6.45, 7) is 6.72. The lowest BCUT2D eigenvalue weighted by Gasteiger charge is -2.20. The van der Waals surface area contributed by atoms with Gasteiger partial charge in [0.15, 0.2) is 0 Å². The summed E-state index contributed by atoms with van der Waals surface area (Å²) in [6.07, 6.45) is 0. The van der Waals surface area contributed by atoms with Crippen molar-refractivity contribution in [1.82, 2.24) is 0 Å². The van der Waals surface area contributed by atoms with E-state index in [0.29, 0.717) is 0 Å². The molecule has 0 saturated carbocycles. The van der Waals surface area contributed by atoms with Gasteiger partial charge in [0.1, 0.15) is 0 Å². The van der Waals surface area contributed by atoms with E-state index < -0.39 is 0 Å². The van der Waals surface area contributed by atoms with Crippen molar-refractivity contribution < 1.29 is 0 Å². The van der Waals surface area contributed by atoms with Crippen LogP contribution in [0, 0.1) is 0 Å². The average molecular weight is 388 g/mol. The second-order valence-electron chi connectivity index (χ2n) is 5.37. The number of benzene rings is 1. The van der Waals surface area contributed by atoms with Gasteiger partial charge in [-0.2, -0.15) is 0 Å². The molecular weight excluding hydrogens is 372 g/mol. The van der Waals surface area contributed by atoms with Crippen molar-refractivity contribution in [3.63, 3.8) is 0 Å². The summed E-state index contributed by atoms with van der Waals surface area (Å²) in [4.78, 5) is 1.58. The zero-order valence-electron chi connectivity index (χ0n) is 10.7. The van der Waals surface area contributed by atoms with Crippen LogP contribution in [-0.2, 0) is 5.41 Å². The van der Waals surface area contributed by atoms with E-state index in [4.69, 9.17) is 0 Å². The van der Waals surface area contributed by atoms with E-state index in [1.165, 1.54) is 20.5 Å². The van der Waals surface area contributed by atoms with Crippen LogP contribution in [0.1, 0.15) is 41.6 Å². The van der Waals surface area contributed by atoms with Crippen LogP contribution in [0.2, 0.25) is 0 Å². The third-order valence-electron chi connectivity index (χ3n) is 2.94. The SMILES string of the molecule is CC(C)(C)c1ccc(C(Br)c2sccc2Br)cc1. The molecule has 2 aromatic rings. The lowest BCUT2D eigenvalue weighted by Crippen LogP contribution is -2.10. The molecule has 1 heterocycles. The Hall–Kier alpha value is -0.120. The van der Waals surface area contributed by atoms with Gasteiger partial charge in [-0.05, 0) is 43.9 Å². The van der Waals surface area contributed by atoms with Crippen molar-refractivity contribution in [3.8, 4) is 0 Å². The van der Waals surface area contributed by atoms with Crippen molar-refractivity contribution in [2.24, 2.45) is 0 Å². The largest absolute Gasteiger partial charge is 0.146 e. The van der Waals surface area contributed by atoms with E-state index in [0.717, 1.165) is 0 Å². The quantitative estimate of drug-likeness (QED) is 0.531. The van der Waals surface area contributed by atoms with E-state index >= 15 is 0 Å². The first-order valence-electron chi connectivity index (χ1n) is 5.87. The highest BCUT2D eigenvalue weighted by Gasteiger charge is 2.17. The molecule has 0 N–H and O–H groups in total. The van der Waals surface area contributed by atoms with Crippen LogP contribution in [0.15, 0.2) is 40.2 Å². The molecule has 1 atom stereocenters. The summed E-state index contributed by atoms with van der Waals surface area (Å²) in [5.41, 5.74) is 2.88. The summed E-state index contributed by atoms with van der Waals surface area (Å²) in [7, 11) is 0. The number of hydrogen-bond donors (Lipinski definition) is 0. The molecule has 1 aromatic carbocycles. The molecule has 0 saturated heterocycles. The van der Waals surface area contributed by atoms with Crippen LogP contribution in [0.4, 0.5) is 0 Å². The van der Waals surface area contributed by atoms with E-state index in [-0.39, 0.29) is 10.2 Å². The summed E-state index contributed by atoms with van der Waals surface area (Å²) >= 11 is 9.14. The van der Waals surface area contributed by atoms with Crippen LogP contribution in [0.5, 0.6) is 0 Å². The van der Waals surface area contributed by atoms with Crippen molar-refractivity contribution in [1.29, 1.82) is 0 Å². The topological polar surface area (TPSA) is 0 Å². The van der Waals surface area contributed by atoms with Gasteiger partial charge in [0.05, 0.1) is 4.83 Å². The molecule has 0 fully saturated rings. The van der Waals surface area contributed by atoms with Crippen molar-refractivity contribution in [2.45, 2.75) is 31.0 Å². The third kappa shape index (κ3) is 3.06. The molecule has 0 amide bonds. The second kappa shape index (κ2) is 5.48. The molecule has 1 unspecified atom stereocenters. The maximum absolute atomic E-state index is 3.78. The Morgan fingerprint density at radius 1 is 1.06 bits per heavy atom. The highest BCUT2D eigenvalue weighted by Crippen LogP contribution is 2.39. The summed E-state index contributed by atoms with van der Waals surface area (Å²) < 4.78 is 1.18. The first-order valence-corrected chi connectivity index (χ1v) is 8.46. The molecule has 0 aliphatic rings. The molecule has 0 aliphatic heterocycles. The number of hydrogen-bond acceptors (Lipinski definition) is 1. The molecular formula is C15H16Br2S. The van der Waals surface area contributed by atoms with Gasteiger partial charge in [0, 0.05) is 9.35 Å². The molecule has 1 aromatic heterocycles. The van der Waals surface area contributed by atoms with Crippen LogP contribution in [-0.4, -0.2) is 0 Å².